The number of hydrogen-bond donors (Lipinski definition) is 3. The van der Waals surface area contributed by atoms with Crippen molar-refractivity contribution >= 4 is 39.2 Å². The molecule has 2 amide bonds. The Hall–Kier alpha value is -3.30. The van der Waals surface area contributed by atoms with Crippen LogP contribution in [-0.2, 0) is 20.7 Å². The number of thiazole rings is 1. The monoisotopic (exact) mass is 453 g/mol. The summed E-state index contributed by atoms with van der Waals surface area (Å²) in [6.07, 6.45) is -0.368. The summed E-state index contributed by atoms with van der Waals surface area (Å²) in [5.74, 6) is -1.12. The summed E-state index contributed by atoms with van der Waals surface area (Å²) >= 11 is 1.47. The molecule has 0 aliphatic carbocycles. The first-order valence-corrected chi connectivity index (χ1v) is 11.0. The van der Waals surface area contributed by atoms with Crippen LogP contribution in [0.4, 0.5) is 0 Å². The van der Waals surface area contributed by atoms with Crippen LogP contribution in [0.1, 0.15) is 29.8 Å². The maximum atomic E-state index is 13.2. The molecule has 0 bridgehead atoms. The van der Waals surface area contributed by atoms with Crippen LogP contribution >= 0.6 is 11.3 Å². The molecule has 1 fully saturated rings. The van der Waals surface area contributed by atoms with Crippen molar-refractivity contribution in [2.45, 2.75) is 38.0 Å². The predicted molar refractivity (Wildman–Crippen MR) is 120 cm³/mol. The Kier molecular flexibility index (Phi) is 5.94. The largest absolute Gasteiger partial charge is 0.508 e. The number of amides is 2. The molecule has 4 rings (SSSR count). The third-order valence-corrected chi connectivity index (χ3v) is 6.61. The van der Waals surface area contributed by atoms with Crippen molar-refractivity contribution in [3.8, 4) is 5.75 Å². The molecule has 3 aromatic rings. The summed E-state index contributed by atoms with van der Waals surface area (Å²) in [5, 5.41) is 15.3. The van der Waals surface area contributed by atoms with Gasteiger partial charge in [0.2, 0.25) is 5.91 Å². The van der Waals surface area contributed by atoms with Gasteiger partial charge in [-0.2, -0.15) is 0 Å². The van der Waals surface area contributed by atoms with Crippen molar-refractivity contribution in [1.29, 1.82) is 0 Å². The summed E-state index contributed by atoms with van der Waals surface area (Å²) in [6.45, 7) is 3.26. The number of phenols is 1. The first-order valence-electron chi connectivity index (χ1n) is 10.2. The molecule has 32 heavy (non-hydrogen) atoms. The zero-order chi connectivity index (χ0) is 22.9. The predicted octanol–water partition coefficient (Wildman–Crippen LogP) is 2.21. The van der Waals surface area contributed by atoms with Crippen molar-refractivity contribution in [1.82, 2.24) is 15.6 Å². The molecule has 1 aromatic heterocycles. The first-order chi connectivity index (χ1) is 15.3. The number of Topliss-reactive ketones (excluding diaryl/α,β-unsaturated/α-hetero) is 1. The minimum Gasteiger partial charge on any atom is -0.508 e. The van der Waals surface area contributed by atoms with Gasteiger partial charge in [0.05, 0.1) is 21.8 Å². The van der Waals surface area contributed by atoms with Gasteiger partial charge in [-0.15, -0.1) is 11.3 Å². The number of phenolic OH excluding ortho intramolecular Hbond substituents is 1. The lowest BCUT2D eigenvalue weighted by Gasteiger charge is -2.30. The standard InChI is InChI=1S/C23H23N3O5S/c1-13-23(2,20(28)11-31-13)26-22(30)18(9-14-4-3-5-16(27)8-14)25-21(29)15-6-7-19-17(10-15)24-12-32-19/h3-8,10,12-13,18,27H,9,11H2,1-2H3,(H,25,29)(H,26,30). The lowest BCUT2D eigenvalue weighted by atomic mass is 9.92. The number of nitrogens with zero attached hydrogens (tertiary/aromatic N) is 1. The van der Waals surface area contributed by atoms with Gasteiger partial charge in [0.1, 0.15) is 23.9 Å². The van der Waals surface area contributed by atoms with Gasteiger partial charge in [0.25, 0.3) is 5.91 Å². The molecule has 3 unspecified atom stereocenters. The highest BCUT2D eigenvalue weighted by Gasteiger charge is 2.47. The number of ether oxygens (including phenoxy) is 1. The minimum absolute atomic E-state index is 0.0573. The van der Waals surface area contributed by atoms with E-state index in [0.717, 1.165) is 4.70 Å². The molecule has 1 aliphatic heterocycles. The maximum Gasteiger partial charge on any atom is 0.252 e. The van der Waals surface area contributed by atoms with E-state index in [1.54, 1.807) is 43.6 Å². The molecule has 1 saturated heterocycles. The molecule has 0 saturated carbocycles. The highest BCUT2D eigenvalue weighted by Crippen LogP contribution is 2.23. The van der Waals surface area contributed by atoms with Crippen LogP contribution in [0, 0.1) is 0 Å². The van der Waals surface area contributed by atoms with E-state index in [1.807, 2.05) is 6.07 Å². The molecule has 3 N–H and O–H groups in total. The zero-order valence-corrected chi connectivity index (χ0v) is 18.4. The van der Waals surface area contributed by atoms with E-state index in [4.69, 9.17) is 4.74 Å². The molecule has 9 heteroatoms. The highest BCUT2D eigenvalue weighted by atomic mass is 32.1. The van der Waals surface area contributed by atoms with Crippen molar-refractivity contribution < 1.29 is 24.2 Å². The van der Waals surface area contributed by atoms with E-state index in [1.165, 1.54) is 23.5 Å². The molecular formula is C23H23N3O5S. The summed E-state index contributed by atoms with van der Waals surface area (Å²) in [5.41, 5.74) is 2.25. The second-order valence-corrected chi connectivity index (χ2v) is 8.89. The van der Waals surface area contributed by atoms with Gasteiger partial charge < -0.3 is 20.5 Å². The summed E-state index contributed by atoms with van der Waals surface area (Å²) < 4.78 is 6.34. The quantitative estimate of drug-likeness (QED) is 0.527. The van der Waals surface area contributed by atoms with Crippen LogP contribution in [0.15, 0.2) is 48.0 Å². The van der Waals surface area contributed by atoms with Gasteiger partial charge in [-0.3, -0.25) is 14.4 Å². The topological polar surface area (TPSA) is 118 Å². The Morgan fingerprint density at radius 1 is 1.31 bits per heavy atom. The molecular weight excluding hydrogens is 430 g/mol. The van der Waals surface area contributed by atoms with Gasteiger partial charge in [-0.25, -0.2) is 4.98 Å². The molecule has 2 aromatic carbocycles. The lowest BCUT2D eigenvalue weighted by Crippen LogP contribution is -2.60. The average molecular weight is 454 g/mol. The van der Waals surface area contributed by atoms with Gasteiger partial charge in [-0.1, -0.05) is 12.1 Å². The first kappa shape index (κ1) is 21.9. The molecule has 2 heterocycles. The third-order valence-electron chi connectivity index (χ3n) is 5.80. The molecule has 8 nitrogen and oxygen atoms in total. The van der Waals surface area contributed by atoms with Gasteiger partial charge in [0, 0.05) is 12.0 Å². The second-order valence-electron chi connectivity index (χ2n) is 8.00. The molecule has 0 spiro atoms. The fraction of sp³-hybridized carbons (Fsp3) is 0.304. The Labute approximate surface area is 188 Å². The Morgan fingerprint density at radius 2 is 2.12 bits per heavy atom. The fourth-order valence-electron chi connectivity index (χ4n) is 3.63. The Morgan fingerprint density at radius 3 is 2.84 bits per heavy atom. The highest BCUT2D eigenvalue weighted by molar-refractivity contribution is 7.16. The second kappa shape index (κ2) is 8.68. The third kappa shape index (κ3) is 4.35. The number of fused-ring (bicyclic) bond motifs is 1. The number of ketones is 1. The average Bonchev–Trinajstić information content (AvgIpc) is 3.33. The van der Waals surface area contributed by atoms with Crippen LogP contribution < -0.4 is 10.6 Å². The van der Waals surface area contributed by atoms with Crippen molar-refractivity contribution in [2.75, 3.05) is 6.61 Å². The summed E-state index contributed by atoms with van der Waals surface area (Å²) in [4.78, 5) is 42.8. The number of aromatic hydroxyl groups is 1. The number of carbonyl (C=O) groups excluding carboxylic acids is 3. The summed E-state index contributed by atoms with van der Waals surface area (Å²) in [7, 11) is 0. The van der Waals surface area contributed by atoms with E-state index in [2.05, 4.69) is 15.6 Å². The van der Waals surface area contributed by atoms with Gasteiger partial charge in [0.15, 0.2) is 5.78 Å². The van der Waals surface area contributed by atoms with Crippen LogP contribution in [0.3, 0.4) is 0 Å². The minimum atomic E-state index is -1.18. The Balaban J connectivity index is 1.58. The molecule has 3 atom stereocenters. The smallest absolute Gasteiger partial charge is 0.252 e. The van der Waals surface area contributed by atoms with E-state index in [-0.39, 0.29) is 24.6 Å². The van der Waals surface area contributed by atoms with E-state index in [9.17, 15) is 19.5 Å². The molecule has 0 radical (unpaired) electrons. The number of aromatic nitrogens is 1. The van der Waals surface area contributed by atoms with E-state index in [0.29, 0.717) is 16.6 Å². The zero-order valence-electron chi connectivity index (χ0n) is 17.6. The normalized spacial score (nSPS) is 21.4. The lowest BCUT2D eigenvalue weighted by molar-refractivity contribution is -0.130. The van der Waals surface area contributed by atoms with Crippen molar-refractivity contribution in [2.24, 2.45) is 0 Å². The van der Waals surface area contributed by atoms with Gasteiger partial charge >= 0.3 is 0 Å². The van der Waals surface area contributed by atoms with E-state index < -0.39 is 29.5 Å². The number of hydrogen-bond acceptors (Lipinski definition) is 7. The van der Waals surface area contributed by atoms with Gasteiger partial charge in [-0.05, 0) is 49.7 Å². The van der Waals surface area contributed by atoms with Crippen LogP contribution in [0.5, 0.6) is 5.75 Å². The molecule has 166 valence electrons. The van der Waals surface area contributed by atoms with Crippen molar-refractivity contribution in [3.63, 3.8) is 0 Å². The SMILES string of the molecule is CC1OCC(=O)C1(C)NC(=O)C(Cc1cccc(O)c1)NC(=O)c1ccc2scnc2c1. The van der Waals surface area contributed by atoms with Crippen molar-refractivity contribution in [3.05, 3.63) is 59.1 Å². The fourth-order valence-corrected chi connectivity index (χ4v) is 4.29. The summed E-state index contributed by atoms with van der Waals surface area (Å²) in [6, 6.07) is 10.6. The van der Waals surface area contributed by atoms with E-state index >= 15 is 0 Å². The maximum absolute atomic E-state index is 13.2. The van der Waals surface area contributed by atoms with Crippen LogP contribution in [0.25, 0.3) is 10.2 Å². The number of nitrogens with one attached hydrogen (secondary N) is 2. The van der Waals surface area contributed by atoms with Crippen LogP contribution in [-0.4, -0.2) is 52.0 Å². The molecule has 1 aliphatic rings. The van der Waals surface area contributed by atoms with Crippen LogP contribution in [0.2, 0.25) is 0 Å². The number of rotatable bonds is 6. The number of carbonyl (C=O) groups is 3. The Bertz CT molecular complexity index is 1190. The number of benzene rings is 2.